The molecule has 2 aliphatic heterocycles. The molecular weight excluding hydrogens is 508 g/mol. The van der Waals surface area contributed by atoms with Crippen LogP contribution in [-0.4, -0.2) is 71.3 Å². The Morgan fingerprint density at radius 3 is 2.52 bits per heavy atom. The van der Waals surface area contributed by atoms with E-state index in [1.807, 2.05) is 45.0 Å². The van der Waals surface area contributed by atoms with Crippen LogP contribution in [0.1, 0.15) is 71.3 Å². The van der Waals surface area contributed by atoms with Gasteiger partial charge in [-0.05, 0) is 48.6 Å². The van der Waals surface area contributed by atoms with Gasteiger partial charge in [0.15, 0.2) is 0 Å². The quantitative estimate of drug-likeness (QED) is 0.459. The number of para-hydroxylation sites is 1. The van der Waals surface area contributed by atoms with Crippen molar-refractivity contribution in [3.63, 3.8) is 0 Å². The number of benzene rings is 1. The lowest BCUT2D eigenvalue weighted by molar-refractivity contribution is -0.147. The van der Waals surface area contributed by atoms with Crippen LogP contribution >= 0.6 is 0 Å². The molecule has 1 saturated heterocycles. The molecule has 2 aliphatic carbocycles. The zero-order valence-corrected chi connectivity index (χ0v) is 23.8. The summed E-state index contributed by atoms with van der Waals surface area (Å²) in [5.74, 6) is -0.495. The summed E-state index contributed by atoms with van der Waals surface area (Å²) in [6.45, 7) is 6.08. The number of nitriles is 1. The maximum atomic E-state index is 14.3. The van der Waals surface area contributed by atoms with Crippen LogP contribution in [0.2, 0.25) is 0 Å². The van der Waals surface area contributed by atoms with Crippen LogP contribution in [0.3, 0.4) is 0 Å². The van der Waals surface area contributed by atoms with E-state index in [9.17, 15) is 24.4 Å². The summed E-state index contributed by atoms with van der Waals surface area (Å²) in [6, 6.07) is 7.05. The number of urea groups is 1. The smallest absolute Gasteiger partial charge is 0.315 e. The first-order chi connectivity index (χ1) is 18.9. The molecule has 1 aromatic rings. The lowest BCUT2D eigenvalue weighted by atomic mass is 9.80. The summed E-state index contributed by atoms with van der Waals surface area (Å²) in [5.41, 5.74) is 0.186. The Bertz CT molecular complexity index is 1240. The number of carbonyl (C=O) groups excluding carboxylic acids is 4. The summed E-state index contributed by atoms with van der Waals surface area (Å²) in [5, 5.41) is 18.8. The fraction of sp³-hybridized carbons (Fsp3) is 0.633. The Kier molecular flexibility index (Phi) is 7.28. The molecule has 1 spiro atoms. The number of amides is 5. The highest BCUT2D eigenvalue weighted by Gasteiger charge is 2.57. The molecule has 40 heavy (non-hydrogen) atoms. The van der Waals surface area contributed by atoms with E-state index in [4.69, 9.17) is 0 Å². The van der Waals surface area contributed by atoms with Gasteiger partial charge in [0, 0.05) is 31.7 Å². The number of likely N-dealkylation sites (tertiary alicyclic amines) is 1. The molecule has 0 unspecified atom stereocenters. The molecule has 1 aromatic carbocycles. The third-order valence-electron chi connectivity index (χ3n) is 8.60. The molecule has 0 aromatic heterocycles. The molecule has 10 nitrogen and oxygen atoms in total. The zero-order chi connectivity index (χ0) is 28.8. The highest BCUT2D eigenvalue weighted by molar-refractivity contribution is 6.07. The standard InChI is InChI=1S/C30H40N6O4/c1-29(2,3)15-24(35(4)25(37)23(13-18-9-10-18)34-28(40)32-19-11-12-19)26(38)36-17-30(14-20(36)16-31)21-7-5-6-8-22(21)33-27(30)39/h5-8,18-20,23-24H,9-15,17H2,1-4H3,(H,33,39)(H2,32,34,40)/t20-,23-,24-,30-/m0/s1. The van der Waals surface area contributed by atoms with Crippen LogP contribution in [-0.2, 0) is 19.8 Å². The van der Waals surface area contributed by atoms with Gasteiger partial charge >= 0.3 is 6.03 Å². The van der Waals surface area contributed by atoms with Gasteiger partial charge in [-0.25, -0.2) is 4.79 Å². The molecule has 0 bridgehead atoms. The minimum absolute atomic E-state index is 0.0725. The number of hydrogen-bond acceptors (Lipinski definition) is 5. The fourth-order valence-corrected chi connectivity index (χ4v) is 6.07. The Morgan fingerprint density at radius 1 is 1.20 bits per heavy atom. The highest BCUT2D eigenvalue weighted by atomic mass is 16.2. The molecule has 0 radical (unpaired) electrons. The summed E-state index contributed by atoms with van der Waals surface area (Å²) in [7, 11) is 1.61. The van der Waals surface area contributed by atoms with Crippen molar-refractivity contribution < 1.29 is 19.2 Å². The monoisotopic (exact) mass is 548 g/mol. The lowest BCUT2D eigenvalue weighted by Gasteiger charge is -2.37. The van der Waals surface area contributed by atoms with Crippen molar-refractivity contribution in [1.82, 2.24) is 20.4 Å². The van der Waals surface area contributed by atoms with Crippen molar-refractivity contribution in [2.24, 2.45) is 11.3 Å². The minimum Gasteiger partial charge on any atom is -0.335 e. The number of nitrogens with zero attached hydrogens (tertiary/aromatic N) is 3. The van der Waals surface area contributed by atoms with E-state index >= 15 is 0 Å². The summed E-state index contributed by atoms with van der Waals surface area (Å²) >= 11 is 0. The third kappa shape index (κ3) is 5.65. The molecule has 4 atom stereocenters. The number of likely N-dealkylation sites (N-methyl/N-ethyl adjacent to an activating group) is 1. The average Bonchev–Trinajstić information content (AvgIpc) is 3.83. The van der Waals surface area contributed by atoms with Crippen LogP contribution in [0, 0.1) is 22.7 Å². The van der Waals surface area contributed by atoms with Gasteiger partial charge in [-0.2, -0.15) is 5.26 Å². The predicted octanol–water partition coefficient (Wildman–Crippen LogP) is 2.89. The van der Waals surface area contributed by atoms with E-state index in [2.05, 4.69) is 22.0 Å². The Balaban J connectivity index is 1.40. The van der Waals surface area contributed by atoms with Crippen molar-refractivity contribution in [3.05, 3.63) is 29.8 Å². The Labute approximate surface area is 235 Å². The summed E-state index contributed by atoms with van der Waals surface area (Å²) in [6.07, 6.45) is 5.02. The second-order valence-corrected chi connectivity index (χ2v) is 13.3. The molecule has 2 heterocycles. The molecule has 5 amide bonds. The molecule has 2 saturated carbocycles. The number of hydrogen-bond donors (Lipinski definition) is 3. The molecule has 3 N–H and O–H groups in total. The topological polar surface area (TPSA) is 135 Å². The Hall–Kier alpha value is -3.61. The number of anilines is 1. The van der Waals surface area contributed by atoms with Gasteiger partial charge in [-0.15, -0.1) is 0 Å². The summed E-state index contributed by atoms with van der Waals surface area (Å²) < 4.78 is 0. The molecular formula is C30H40N6O4. The van der Waals surface area contributed by atoms with Crippen molar-refractivity contribution in [3.8, 4) is 6.07 Å². The highest BCUT2D eigenvalue weighted by Crippen LogP contribution is 2.46. The Morgan fingerprint density at radius 2 is 1.90 bits per heavy atom. The van der Waals surface area contributed by atoms with Crippen LogP contribution in [0.15, 0.2) is 24.3 Å². The van der Waals surface area contributed by atoms with E-state index in [0.717, 1.165) is 31.2 Å². The lowest BCUT2D eigenvalue weighted by Crippen LogP contribution is -2.57. The maximum Gasteiger partial charge on any atom is 0.315 e. The first-order valence-corrected chi connectivity index (χ1v) is 14.4. The number of fused-ring (bicyclic) bond motifs is 2. The minimum atomic E-state index is -1.00. The average molecular weight is 549 g/mol. The number of rotatable bonds is 8. The predicted molar refractivity (Wildman–Crippen MR) is 149 cm³/mol. The van der Waals surface area contributed by atoms with Gasteiger partial charge in [0.2, 0.25) is 17.7 Å². The zero-order valence-electron chi connectivity index (χ0n) is 23.8. The largest absolute Gasteiger partial charge is 0.335 e. The van der Waals surface area contributed by atoms with Crippen molar-refractivity contribution in [1.29, 1.82) is 5.26 Å². The first-order valence-electron chi connectivity index (χ1n) is 14.4. The van der Waals surface area contributed by atoms with Crippen LogP contribution in [0.25, 0.3) is 0 Å². The SMILES string of the molecule is CN(C(=O)[C@H](CC1CC1)NC(=O)NC1CC1)[C@@H](CC(C)(C)C)C(=O)N1C[C@]2(C[C@H]1C#N)C(=O)Nc1ccccc12. The molecule has 3 fully saturated rings. The normalized spacial score (nSPS) is 25.0. The van der Waals surface area contributed by atoms with Crippen molar-refractivity contribution in [2.75, 3.05) is 18.9 Å². The fourth-order valence-electron chi connectivity index (χ4n) is 6.07. The van der Waals surface area contributed by atoms with Gasteiger partial charge in [0.1, 0.15) is 18.1 Å². The second kappa shape index (κ2) is 10.4. The molecule has 5 rings (SSSR count). The number of carbonyl (C=O) groups is 4. The van der Waals surface area contributed by atoms with Crippen LogP contribution < -0.4 is 16.0 Å². The maximum absolute atomic E-state index is 14.3. The van der Waals surface area contributed by atoms with Crippen LogP contribution in [0.4, 0.5) is 10.5 Å². The third-order valence-corrected chi connectivity index (χ3v) is 8.60. The van der Waals surface area contributed by atoms with Crippen molar-refractivity contribution in [2.45, 2.75) is 95.3 Å². The van der Waals surface area contributed by atoms with Crippen molar-refractivity contribution >= 4 is 29.4 Å². The second-order valence-electron chi connectivity index (χ2n) is 13.3. The first kappa shape index (κ1) is 27.9. The van der Waals surface area contributed by atoms with E-state index in [-0.39, 0.29) is 48.2 Å². The van der Waals surface area contributed by atoms with Gasteiger partial charge in [-0.1, -0.05) is 51.8 Å². The van der Waals surface area contributed by atoms with E-state index in [0.29, 0.717) is 24.4 Å². The van der Waals surface area contributed by atoms with Gasteiger partial charge in [0.05, 0.1) is 11.5 Å². The van der Waals surface area contributed by atoms with E-state index in [1.165, 1.54) is 9.80 Å². The molecule has 10 heteroatoms. The van der Waals surface area contributed by atoms with Crippen LogP contribution in [0.5, 0.6) is 0 Å². The summed E-state index contributed by atoms with van der Waals surface area (Å²) in [4.78, 5) is 56.9. The van der Waals surface area contributed by atoms with E-state index < -0.39 is 23.5 Å². The molecule has 214 valence electrons. The van der Waals surface area contributed by atoms with E-state index in [1.54, 1.807) is 7.05 Å². The molecule has 4 aliphatic rings. The number of nitrogens with one attached hydrogen (secondary N) is 3. The van der Waals surface area contributed by atoms with Gasteiger partial charge in [0.25, 0.3) is 0 Å². The van der Waals surface area contributed by atoms with Gasteiger partial charge in [-0.3, -0.25) is 14.4 Å². The van der Waals surface area contributed by atoms with Gasteiger partial charge < -0.3 is 25.8 Å².